The van der Waals surface area contributed by atoms with Gasteiger partial charge in [0.25, 0.3) is 0 Å². The molecule has 2 unspecified atom stereocenters. The first-order chi connectivity index (χ1) is 14.6. The van der Waals surface area contributed by atoms with Crippen LogP contribution in [0, 0.1) is 0 Å². The zero-order valence-corrected chi connectivity index (χ0v) is 17.7. The van der Waals surface area contributed by atoms with Crippen molar-refractivity contribution in [2.24, 2.45) is 0 Å². The minimum absolute atomic E-state index is 0.150. The van der Waals surface area contributed by atoms with Crippen molar-refractivity contribution in [3.8, 4) is 11.1 Å². The molecule has 2 atom stereocenters. The molecule has 3 aromatic carbocycles. The maximum Gasteiger partial charge on any atom is 0.328 e. The predicted molar refractivity (Wildman–Crippen MR) is 121 cm³/mol. The van der Waals surface area contributed by atoms with Crippen molar-refractivity contribution in [3.05, 3.63) is 90.2 Å². The quantitative estimate of drug-likeness (QED) is 0.388. The lowest BCUT2D eigenvalue weighted by molar-refractivity contribution is 0.0956. The topological polar surface area (TPSA) is 65.3 Å². The molecule has 0 saturated carbocycles. The van der Waals surface area contributed by atoms with Gasteiger partial charge in [-0.3, -0.25) is 4.79 Å². The van der Waals surface area contributed by atoms with Crippen molar-refractivity contribution in [3.63, 3.8) is 0 Å². The fourth-order valence-corrected chi connectivity index (χ4v) is 4.34. The Morgan fingerprint density at radius 1 is 1.03 bits per heavy atom. The molecule has 1 aromatic heterocycles. The molecule has 0 aliphatic rings. The zero-order valence-electron chi connectivity index (χ0n) is 16.9. The molecule has 152 valence electrons. The van der Waals surface area contributed by atoms with Crippen LogP contribution in [0.5, 0.6) is 0 Å². The maximum absolute atomic E-state index is 13.0. The van der Waals surface area contributed by atoms with Gasteiger partial charge in [0, 0.05) is 10.9 Å². The summed E-state index contributed by atoms with van der Waals surface area (Å²) in [6.07, 6.45) is 1.03. The number of fused-ring (bicyclic) bond motifs is 1. The van der Waals surface area contributed by atoms with Gasteiger partial charge in [0.1, 0.15) is 16.9 Å². The molecule has 0 fully saturated rings. The molecule has 5 heteroatoms. The normalized spacial score (nSPS) is 13.2. The summed E-state index contributed by atoms with van der Waals surface area (Å²) in [5.41, 5.74) is 3.59. The third-order valence-electron chi connectivity index (χ3n) is 5.31. The predicted octanol–water partition coefficient (Wildman–Crippen LogP) is 6.07. The summed E-state index contributed by atoms with van der Waals surface area (Å²) in [5.74, 6) is 0.0631. The monoisotopic (exact) mass is 417 g/mol. The minimum Gasteiger partial charge on any atom is -0.588 e. The van der Waals surface area contributed by atoms with Crippen molar-refractivity contribution in [2.45, 2.75) is 31.1 Å². The number of nitrogens with one attached hydrogen (secondary N) is 1. The van der Waals surface area contributed by atoms with Crippen LogP contribution in [0.25, 0.3) is 22.1 Å². The summed E-state index contributed by atoms with van der Waals surface area (Å²) in [4.78, 5) is 13.3. The molecule has 1 heterocycles. The largest absolute Gasteiger partial charge is 0.588 e. The average molecular weight is 418 g/mol. The van der Waals surface area contributed by atoms with Gasteiger partial charge in [-0.2, -0.15) is 4.72 Å². The Kier molecular flexibility index (Phi) is 5.93. The Hall–Kier alpha value is -3.02. The van der Waals surface area contributed by atoms with Crippen molar-refractivity contribution in [1.29, 1.82) is 0 Å². The van der Waals surface area contributed by atoms with Crippen LogP contribution < -0.4 is 4.72 Å². The molecule has 0 aliphatic carbocycles. The second kappa shape index (κ2) is 8.78. The van der Waals surface area contributed by atoms with Crippen LogP contribution in [-0.2, 0) is 11.4 Å². The third kappa shape index (κ3) is 4.13. The highest BCUT2D eigenvalue weighted by Crippen LogP contribution is 2.28. The number of carbonyl (C=O) groups excluding carboxylic acids is 1. The van der Waals surface area contributed by atoms with Crippen LogP contribution >= 0.6 is 0 Å². The van der Waals surface area contributed by atoms with Crippen molar-refractivity contribution >= 4 is 28.2 Å². The van der Waals surface area contributed by atoms with E-state index in [1.165, 1.54) is 5.56 Å². The van der Waals surface area contributed by atoms with Gasteiger partial charge in [-0.25, -0.2) is 0 Å². The molecule has 4 nitrogen and oxygen atoms in total. The minimum atomic E-state index is -1.72. The number of furan rings is 1. The van der Waals surface area contributed by atoms with E-state index < -0.39 is 17.3 Å². The molecule has 4 rings (SSSR count). The number of amides is 1. The Bertz CT molecular complexity index is 1170. The first-order valence-corrected chi connectivity index (χ1v) is 11.1. The summed E-state index contributed by atoms with van der Waals surface area (Å²) in [7, 11) is 0. The highest BCUT2D eigenvalue weighted by molar-refractivity contribution is 7.90. The van der Waals surface area contributed by atoms with E-state index in [4.69, 9.17) is 4.42 Å². The molecule has 0 bridgehead atoms. The third-order valence-corrected chi connectivity index (χ3v) is 6.43. The fraction of sp³-hybridized carbons (Fsp3) is 0.160. The fourth-order valence-electron chi connectivity index (χ4n) is 3.38. The summed E-state index contributed by atoms with van der Waals surface area (Å²) in [6, 6.07) is 24.7. The summed E-state index contributed by atoms with van der Waals surface area (Å²) in [6.45, 7) is 4.30. The molecule has 1 amide bonds. The molecule has 30 heavy (non-hydrogen) atoms. The smallest absolute Gasteiger partial charge is 0.328 e. The van der Waals surface area contributed by atoms with E-state index in [9.17, 15) is 9.35 Å². The van der Waals surface area contributed by atoms with Crippen LogP contribution in [0.2, 0.25) is 0 Å². The van der Waals surface area contributed by atoms with Crippen molar-refractivity contribution in [2.75, 3.05) is 0 Å². The van der Waals surface area contributed by atoms with E-state index in [1.807, 2.05) is 60.7 Å². The highest BCUT2D eigenvalue weighted by Gasteiger charge is 2.23. The van der Waals surface area contributed by atoms with Gasteiger partial charge in [0.2, 0.25) is 0 Å². The van der Waals surface area contributed by atoms with Crippen LogP contribution in [0.4, 0.5) is 0 Å². The van der Waals surface area contributed by atoms with Crippen LogP contribution in [0.3, 0.4) is 0 Å². The summed E-state index contributed by atoms with van der Waals surface area (Å²) < 4.78 is 21.3. The number of hydrogen-bond acceptors (Lipinski definition) is 3. The van der Waals surface area contributed by atoms with E-state index in [0.29, 0.717) is 16.4 Å². The second-order valence-electron chi connectivity index (χ2n) is 7.28. The zero-order chi connectivity index (χ0) is 21.1. The van der Waals surface area contributed by atoms with Crippen LogP contribution in [0.1, 0.15) is 42.3 Å². The Morgan fingerprint density at radius 2 is 1.77 bits per heavy atom. The lowest BCUT2D eigenvalue weighted by Gasteiger charge is -2.13. The number of carbonyl (C=O) groups is 1. The van der Waals surface area contributed by atoms with Crippen LogP contribution in [-0.4, -0.2) is 10.5 Å². The SMILES string of the molecule is CCC(C)c1ccc2cc(C(=O)N[S+]([O-])c3ccccc3-c3ccccc3)oc2c1. The highest BCUT2D eigenvalue weighted by atomic mass is 32.2. The molecule has 0 aliphatic heterocycles. The van der Waals surface area contributed by atoms with Crippen molar-refractivity contribution < 1.29 is 13.8 Å². The molecular formula is C25H23NO3S. The van der Waals surface area contributed by atoms with E-state index >= 15 is 0 Å². The van der Waals surface area contributed by atoms with E-state index in [2.05, 4.69) is 24.6 Å². The second-order valence-corrected chi connectivity index (χ2v) is 8.46. The van der Waals surface area contributed by atoms with E-state index in [0.717, 1.165) is 22.9 Å². The molecule has 4 aromatic rings. The first-order valence-electron chi connectivity index (χ1n) is 9.97. The van der Waals surface area contributed by atoms with Gasteiger partial charge in [0.15, 0.2) is 10.7 Å². The Balaban J connectivity index is 1.57. The van der Waals surface area contributed by atoms with Gasteiger partial charge < -0.3 is 8.97 Å². The lowest BCUT2D eigenvalue weighted by atomic mass is 9.98. The van der Waals surface area contributed by atoms with E-state index in [-0.39, 0.29) is 5.76 Å². The van der Waals surface area contributed by atoms with E-state index in [1.54, 1.807) is 12.1 Å². The number of benzene rings is 3. The molecule has 0 saturated heterocycles. The van der Waals surface area contributed by atoms with Gasteiger partial charge in [-0.1, -0.05) is 68.4 Å². The van der Waals surface area contributed by atoms with Crippen molar-refractivity contribution in [1.82, 2.24) is 4.72 Å². The molecule has 0 spiro atoms. The molecule has 1 N–H and O–H groups in total. The Labute approximate surface area is 179 Å². The Morgan fingerprint density at radius 3 is 2.53 bits per heavy atom. The number of rotatable bonds is 6. The maximum atomic E-state index is 13.0. The molecular weight excluding hydrogens is 394 g/mol. The summed E-state index contributed by atoms with van der Waals surface area (Å²) >= 11 is -1.72. The number of hydrogen-bond donors (Lipinski definition) is 1. The van der Waals surface area contributed by atoms with Crippen LogP contribution in [0.15, 0.2) is 88.2 Å². The van der Waals surface area contributed by atoms with Gasteiger partial charge in [-0.05, 0) is 47.7 Å². The van der Waals surface area contributed by atoms with Gasteiger partial charge in [-0.15, -0.1) is 0 Å². The summed E-state index contributed by atoms with van der Waals surface area (Å²) in [5, 5.41) is 0.850. The molecule has 0 radical (unpaired) electrons. The van der Waals surface area contributed by atoms with Gasteiger partial charge in [0.05, 0.1) is 0 Å². The average Bonchev–Trinajstić information content (AvgIpc) is 3.22. The van der Waals surface area contributed by atoms with Gasteiger partial charge >= 0.3 is 5.91 Å². The lowest BCUT2D eigenvalue weighted by Crippen LogP contribution is -2.30. The standard InChI is InChI=1S/C25H23NO3S/c1-3-17(2)19-13-14-20-16-23(29-22(20)15-19)25(27)26-30(28)24-12-8-7-11-21(24)18-9-5-4-6-10-18/h4-17H,3H2,1-2H3,(H,26,27). The first kappa shape index (κ1) is 20.3.